The highest BCUT2D eigenvalue weighted by Gasteiger charge is 2.12. The van der Waals surface area contributed by atoms with Crippen molar-refractivity contribution in [1.29, 1.82) is 0 Å². The summed E-state index contributed by atoms with van der Waals surface area (Å²) in [5.41, 5.74) is 9.16. The predicted molar refractivity (Wildman–Crippen MR) is 51.6 cm³/mol. The summed E-state index contributed by atoms with van der Waals surface area (Å²) in [7, 11) is 0. The van der Waals surface area contributed by atoms with E-state index < -0.39 is 0 Å². The summed E-state index contributed by atoms with van der Waals surface area (Å²) in [6, 6.07) is 6.35. The third-order valence-corrected chi connectivity index (χ3v) is 2.22. The maximum atomic E-state index is 5.84. The third kappa shape index (κ3) is 1.09. The normalized spacial score (nSPS) is 20.6. The molecule has 62 valence electrons. The Morgan fingerprint density at radius 1 is 1.50 bits per heavy atom. The van der Waals surface area contributed by atoms with E-state index in [2.05, 4.69) is 18.0 Å². The molecule has 2 rings (SSSR count). The highest BCUT2D eigenvalue weighted by molar-refractivity contribution is 5.85. The van der Waals surface area contributed by atoms with E-state index in [4.69, 9.17) is 5.73 Å². The van der Waals surface area contributed by atoms with E-state index in [1.807, 2.05) is 18.3 Å². The Morgan fingerprint density at radius 3 is 3.17 bits per heavy atom. The van der Waals surface area contributed by atoms with E-state index in [-0.39, 0.29) is 0 Å². The average Bonchev–Trinajstić information content (AvgIpc) is 2.07. The molecule has 1 atom stereocenters. The molecule has 0 saturated heterocycles. The number of nitrogen functional groups attached to an aromatic ring is 1. The van der Waals surface area contributed by atoms with Gasteiger partial charge in [-0.3, -0.25) is 4.99 Å². The fourth-order valence-corrected chi connectivity index (χ4v) is 1.54. The minimum atomic E-state index is 0.377. The van der Waals surface area contributed by atoms with Crippen LogP contribution in [0.2, 0.25) is 0 Å². The fraction of sp³-hybridized carbons (Fsp3) is 0.300. The predicted octanol–water partition coefficient (Wildman–Crippen LogP) is 1.63. The number of benzene rings is 1. The van der Waals surface area contributed by atoms with Gasteiger partial charge in [0.25, 0.3) is 0 Å². The monoisotopic (exact) mass is 160 g/mol. The minimum absolute atomic E-state index is 0.377. The standard InChI is InChI=1S/C10H12N2/c1-7-5-9-8(6-12-7)3-2-4-10(9)11/h2-4,6-7H,5,11H2,1H3/t7-/m1/s1. The van der Waals surface area contributed by atoms with Crippen LogP contribution >= 0.6 is 0 Å². The van der Waals surface area contributed by atoms with Gasteiger partial charge in [0.05, 0.1) is 6.04 Å². The molecule has 2 heteroatoms. The van der Waals surface area contributed by atoms with Gasteiger partial charge in [0.15, 0.2) is 0 Å². The summed E-state index contributed by atoms with van der Waals surface area (Å²) in [6.45, 7) is 2.10. The molecular weight excluding hydrogens is 148 g/mol. The summed E-state index contributed by atoms with van der Waals surface area (Å²) < 4.78 is 0. The van der Waals surface area contributed by atoms with Crippen molar-refractivity contribution >= 4 is 11.9 Å². The SMILES string of the molecule is C[C@@H]1Cc2c(N)cccc2C=N1. The number of nitrogens with zero attached hydrogens (tertiary/aromatic N) is 1. The lowest BCUT2D eigenvalue weighted by Crippen LogP contribution is -2.13. The number of anilines is 1. The number of aliphatic imine (C=N–C) groups is 1. The zero-order valence-corrected chi connectivity index (χ0v) is 7.12. The lowest BCUT2D eigenvalue weighted by Gasteiger charge is -2.16. The molecule has 1 aromatic carbocycles. The van der Waals surface area contributed by atoms with Gasteiger partial charge in [-0.2, -0.15) is 0 Å². The van der Waals surface area contributed by atoms with Gasteiger partial charge in [-0.1, -0.05) is 12.1 Å². The summed E-state index contributed by atoms with van der Waals surface area (Å²) in [4.78, 5) is 4.33. The second kappa shape index (κ2) is 2.63. The first kappa shape index (κ1) is 7.35. The highest BCUT2D eigenvalue weighted by Crippen LogP contribution is 2.21. The lowest BCUT2D eigenvalue weighted by molar-refractivity contribution is 0.734. The molecule has 2 N–H and O–H groups in total. The van der Waals surface area contributed by atoms with Crippen molar-refractivity contribution in [3.05, 3.63) is 29.3 Å². The van der Waals surface area contributed by atoms with Crippen LogP contribution in [0.1, 0.15) is 18.1 Å². The van der Waals surface area contributed by atoms with Crippen LogP contribution in [0.25, 0.3) is 0 Å². The molecule has 0 bridgehead atoms. The van der Waals surface area contributed by atoms with Crippen LogP contribution in [0.15, 0.2) is 23.2 Å². The van der Waals surface area contributed by atoms with E-state index in [1.165, 1.54) is 11.1 Å². The molecule has 0 aromatic heterocycles. The largest absolute Gasteiger partial charge is 0.398 e. The molecule has 12 heavy (non-hydrogen) atoms. The van der Waals surface area contributed by atoms with Gasteiger partial charge in [-0.25, -0.2) is 0 Å². The van der Waals surface area contributed by atoms with Crippen molar-refractivity contribution in [2.45, 2.75) is 19.4 Å². The van der Waals surface area contributed by atoms with Crippen LogP contribution in [0.3, 0.4) is 0 Å². The molecule has 0 saturated carbocycles. The Balaban J connectivity index is 2.53. The van der Waals surface area contributed by atoms with Crippen molar-refractivity contribution in [2.75, 3.05) is 5.73 Å². The number of rotatable bonds is 0. The Morgan fingerprint density at radius 2 is 2.33 bits per heavy atom. The lowest BCUT2D eigenvalue weighted by atomic mass is 9.97. The molecule has 1 aliphatic rings. The van der Waals surface area contributed by atoms with Crippen molar-refractivity contribution in [2.24, 2.45) is 4.99 Å². The highest BCUT2D eigenvalue weighted by atomic mass is 14.8. The zero-order chi connectivity index (χ0) is 8.55. The van der Waals surface area contributed by atoms with Gasteiger partial charge in [0.1, 0.15) is 0 Å². The molecule has 2 nitrogen and oxygen atoms in total. The molecular formula is C10H12N2. The maximum Gasteiger partial charge on any atom is 0.0512 e. The third-order valence-electron chi connectivity index (χ3n) is 2.22. The topological polar surface area (TPSA) is 38.4 Å². The van der Waals surface area contributed by atoms with Gasteiger partial charge in [-0.15, -0.1) is 0 Å². The summed E-state index contributed by atoms with van der Waals surface area (Å²) in [5, 5.41) is 0. The number of nitrogens with two attached hydrogens (primary N) is 1. The van der Waals surface area contributed by atoms with Crippen molar-refractivity contribution in [3.8, 4) is 0 Å². The molecule has 1 aliphatic heterocycles. The first-order valence-corrected chi connectivity index (χ1v) is 4.18. The second-order valence-electron chi connectivity index (χ2n) is 3.25. The van der Waals surface area contributed by atoms with E-state index in [0.29, 0.717) is 6.04 Å². The second-order valence-corrected chi connectivity index (χ2v) is 3.25. The first-order valence-electron chi connectivity index (χ1n) is 4.18. The van der Waals surface area contributed by atoms with E-state index in [9.17, 15) is 0 Å². The van der Waals surface area contributed by atoms with Crippen LogP contribution in [-0.4, -0.2) is 12.3 Å². The average molecular weight is 160 g/mol. The quantitative estimate of drug-likeness (QED) is 0.575. The van der Waals surface area contributed by atoms with E-state index in [1.54, 1.807) is 0 Å². The molecule has 0 spiro atoms. The van der Waals surface area contributed by atoms with Crippen molar-refractivity contribution < 1.29 is 0 Å². The van der Waals surface area contributed by atoms with Crippen molar-refractivity contribution in [3.63, 3.8) is 0 Å². The number of hydrogen-bond donors (Lipinski definition) is 1. The molecule has 0 unspecified atom stereocenters. The fourth-order valence-electron chi connectivity index (χ4n) is 1.54. The van der Waals surface area contributed by atoms with Gasteiger partial charge < -0.3 is 5.73 Å². The molecule has 1 heterocycles. The van der Waals surface area contributed by atoms with Crippen LogP contribution in [-0.2, 0) is 6.42 Å². The van der Waals surface area contributed by atoms with E-state index in [0.717, 1.165) is 12.1 Å². The Kier molecular flexibility index (Phi) is 1.61. The number of hydrogen-bond acceptors (Lipinski definition) is 2. The van der Waals surface area contributed by atoms with Gasteiger partial charge in [0.2, 0.25) is 0 Å². The summed E-state index contributed by atoms with van der Waals surface area (Å²) in [5.74, 6) is 0. The summed E-state index contributed by atoms with van der Waals surface area (Å²) >= 11 is 0. The van der Waals surface area contributed by atoms with Gasteiger partial charge in [0, 0.05) is 11.9 Å². The molecule has 0 radical (unpaired) electrons. The van der Waals surface area contributed by atoms with E-state index >= 15 is 0 Å². The Labute approximate surface area is 72.1 Å². The maximum absolute atomic E-state index is 5.84. The molecule has 0 aliphatic carbocycles. The van der Waals surface area contributed by atoms with Gasteiger partial charge >= 0.3 is 0 Å². The van der Waals surface area contributed by atoms with Crippen molar-refractivity contribution in [1.82, 2.24) is 0 Å². The van der Waals surface area contributed by atoms with Crippen LogP contribution in [0.4, 0.5) is 5.69 Å². The first-order chi connectivity index (χ1) is 5.77. The van der Waals surface area contributed by atoms with Crippen LogP contribution in [0.5, 0.6) is 0 Å². The molecule has 1 aromatic rings. The van der Waals surface area contributed by atoms with Gasteiger partial charge in [-0.05, 0) is 30.5 Å². The molecule has 0 fully saturated rings. The minimum Gasteiger partial charge on any atom is -0.398 e. The summed E-state index contributed by atoms with van der Waals surface area (Å²) in [6.07, 6.45) is 2.89. The Hall–Kier alpha value is -1.31. The molecule has 0 amide bonds. The zero-order valence-electron chi connectivity index (χ0n) is 7.12. The van der Waals surface area contributed by atoms with Crippen LogP contribution in [0, 0.1) is 0 Å². The smallest absolute Gasteiger partial charge is 0.0512 e. The number of fused-ring (bicyclic) bond motifs is 1. The Bertz CT molecular complexity index is 329. The van der Waals surface area contributed by atoms with Crippen LogP contribution < -0.4 is 5.73 Å².